The molecular weight excluding hydrogens is 402 g/mol. The minimum absolute atomic E-state index is 0.0768. The molecule has 1 aliphatic heterocycles. The van der Waals surface area contributed by atoms with E-state index in [0.29, 0.717) is 18.9 Å². The van der Waals surface area contributed by atoms with E-state index >= 15 is 0 Å². The first kappa shape index (κ1) is 20.3. The van der Waals surface area contributed by atoms with E-state index in [2.05, 4.69) is 16.0 Å². The number of rotatable bonds is 4. The lowest BCUT2D eigenvalue weighted by Gasteiger charge is -2.32. The number of hydrogen-bond acceptors (Lipinski definition) is 3. The van der Waals surface area contributed by atoms with Gasteiger partial charge in [-0.15, -0.1) is 0 Å². The summed E-state index contributed by atoms with van der Waals surface area (Å²) in [6, 6.07) is 11.0. The Balaban J connectivity index is 1.49. The third kappa shape index (κ3) is 4.02. The quantitative estimate of drug-likeness (QED) is 0.665. The number of amides is 2. The normalized spacial score (nSPS) is 22.9. The first-order valence-electron chi connectivity index (χ1n) is 9.48. The van der Waals surface area contributed by atoms with Crippen molar-refractivity contribution < 1.29 is 27.2 Å². The third-order valence-electron chi connectivity index (χ3n) is 5.45. The second kappa shape index (κ2) is 7.39. The maximum atomic E-state index is 14.0. The van der Waals surface area contributed by atoms with Gasteiger partial charge in [-0.2, -0.15) is 13.2 Å². The molecule has 2 amide bonds. The summed E-state index contributed by atoms with van der Waals surface area (Å²) in [5.41, 5.74) is -1.19. The zero-order valence-corrected chi connectivity index (χ0v) is 15.7. The molecule has 2 aliphatic rings. The summed E-state index contributed by atoms with van der Waals surface area (Å²) >= 11 is 0. The van der Waals surface area contributed by atoms with E-state index in [1.807, 2.05) is 30.3 Å². The van der Waals surface area contributed by atoms with Crippen LogP contribution in [-0.2, 0) is 21.3 Å². The number of alkyl halides is 3. The predicted octanol–water partition coefficient (Wildman–Crippen LogP) is 3.13. The molecule has 2 aromatic rings. The van der Waals surface area contributed by atoms with Crippen LogP contribution >= 0.6 is 0 Å². The average Bonchev–Trinajstić information content (AvgIpc) is 3.48. The van der Waals surface area contributed by atoms with Gasteiger partial charge in [-0.3, -0.25) is 14.9 Å². The maximum Gasteiger partial charge on any atom is 0.419 e. The van der Waals surface area contributed by atoms with Crippen LogP contribution < -0.4 is 16.0 Å². The highest BCUT2D eigenvalue weighted by atomic mass is 19.4. The topological polar surface area (TPSA) is 70.2 Å². The second-order valence-electron chi connectivity index (χ2n) is 7.60. The lowest BCUT2D eigenvalue weighted by molar-refractivity contribution is -0.140. The van der Waals surface area contributed by atoms with Crippen LogP contribution in [0.15, 0.2) is 48.5 Å². The molecule has 2 fully saturated rings. The largest absolute Gasteiger partial charge is 0.419 e. The molecule has 3 N–H and O–H groups in total. The molecule has 0 bridgehead atoms. The van der Waals surface area contributed by atoms with E-state index in [9.17, 15) is 27.2 Å². The molecule has 2 unspecified atom stereocenters. The Morgan fingerprint density at radius 1 is 1.10 bits per heavy atom. The number of carbonyl (C=O) groups excluding carboxylic acids is 2. The van der Waals surface area contributed by atoms with Crippen LogP contribution in [0.3, 0.4) is 0 Å². The van der Waals surface area contributed by atoms with Crippen molar-refractivity contribution in [1.29, 1.82) is 0 Å². The van der Waals surface area contributed by atoms with Crippen molar-refractivity contribution in [2.45, 2.75) is 43.2 Å². The van der Waals surface area contributed by atoms with Gasteiger partial charge in [0.1, 0.15) is 12.0 Å². The number of nitrogens with one attached hydrogen (secondary N) is 3. The summed E-state index contributed by atoms with van der Waals surface area (Å²) in [7, 11) is 0. The zero-order valence-electron chi connectivity index (χ0n) is 15.7. The van der Waals surface area contributed by atoms with Crippen LogP contribution in [0.25, 0.3) is 0 Å². The van der Waals surface area contributed by atoms with Crippen LogP contribution in [0.5, 0.6) is 0 Å². The van der Waals surface area contributed by atoms with Crippen LogP contribution in [0.4, 0.5) is 17.6 Å². The van der Waals surface area contributed by atoms with Crippen LogP contribution in [0.2, 0.25) is 0 Å². The highest BCUT2D eigenvalue weighted by Crippen LogP contribution is 2.46. The van der Waals surface area contributed by atoms with E-state index < -0.39 is 41.2 Å². The number of hydrogen-bond donors (Lipinski definition) is 3. The van der Waals surface area contributed by atoms with Crippen LogP contribution in [0, 0.1) is 5.82 Å². The summed E-state index contributed by atoms with van der Waals surface area (Å²) < 4.78 is 52.4. The highest BCUT2D eigenvalue weighted by molar-refractivity contribution is 5.90. The fourth-order valence-electron chi connectivity index (χ4n) is 3.68. The maximum absolute atomic E-state index is 14.0. The van der Waals surface area contributed by atoms with E-state index in [4.69, 9.17) is 0 Å². The van der Waals surface area contributed by atoms with Crippen molar-refractivity contribution >= 4 is 11.8 Å². The second-order valence-corrected chi connectivity index (χ2v) is 7.60. The SMILES string of the molecule is O=C1CC(C(=O)NC2(c3ccc(C(F)(F)F)c(F)c3)CC2)NC(c2ccccc2)N1. The van der Waals surface area contributed by atoms with E-state index in [1.165, 1.54) is 6.07 Å². The van der Waals surface area contributed by atoms with Gasteiger partial charge in [-0.05, 0) is 36.1 Å². The van der Waals surface area contributed by atoms with Crippen LogP contribution in [0.1, 0.15) is 42.1 Å². The van der Waals surface area contributed by atoms with E-state index in [1.54, 1.807) is 0 Å². The number of halogens is 4. The summed E-state index contributed by atoms with van der Waals surface area (Å²) in [5.74, 6) is -2.13. The Morgan fingerprint density at radius 2 is 1.80 bits per heavy atom. The van der Waals surface area contributed by atoms with Gasteiger partial charge in [0.2, 0.25) is 11.8 Å². The zero-order chi connectivity index (χ0) is 21.5. The molecule has 1 saturated carbocycles. The summed E-state index contributed by atoms with van der Waals surface area (Å²) in [4.78, 5) is 24.9. The Hall–Kier alpha value is -2.94. The molecule has 4 rings (SSSR count). The van der Waals surface area contributed by atoms with Crippen molar-refractivity contribution in [3.05, 3.63) is 71.0 Å². The predicted molar refractivity (Wildman–Crippen MR) is 99.3 cm³/mol. The van der Waals surface area contributed by atoms with Crippen LogP contribution in [-0.4, -0.2) is 17.9 Å². The average molecular weight is 421 g/mol. The Bertz CT molecular complexity index is 974. The molecule has 1 saturated heterocycles. The van der Waals surface area contributed by atoms with Gasteiger partial charge < -0.3 is 10.6 Å². The first-order valence-corrected chi connectivity index (χ1v) is 9.48. The monoisotopic (exact) mass is 421 g/mol. The molecule has 1 heterocycles. The lowest BCUT2D eigenvalue weighted by atomic mass is 10.00. The van der Waals surface area contributed by atoms with Crippen molar-refractivity contribution in [3.63, 3.8) is 0 Å². The molecule has 9 heteroatoms. The first-order chi connectivity index (χ1) is 14.2. The molecule has 1 aliphatic carbocycles. The molecule has 2 aromatic carbocycles. The Morgan fingerprint density at radius 3 is 2.40 bits per heavy atom. The highest BCUT2D eigenvalue weighted by Gasteiger charge is 2.48. The number of carbonyl (C=O) groups is 2. The van der Waals surface area contributed by atoms with Gasteiger partial charge in [0.25, 0.3) is 0 Å². The summed E-state index contributed by atoms with van der Waals surface area (Å²) in [6.07, 6.45) is -4.45. The fourth-order valence-corrected chi connectivity index (χ4v) is 3.68. The van der Waals surface area contributed by atoms with Crippen molar-refractivity contribution in [2.75, 3.05) is 0 Å². The van der Waals surface area contributed by atoms with Crippen molar-refractivity contribution in [3.8, 4) is 0 Å². The van der Waals surface area contributed by atoms with Gasteiger partial charge in [0.05, 0.1) is 23.6 Å². The minimum atomic E-state index is -4.78. The van der Waals surface area contributed by atoms with E-state index in [0.717, 1.165) is 11.6 Å². The van der Waals surface area contributed by atoms with Gasteiger partial charge >= 0.3 is 6.18 Å². The molecule has 158 valence electrons. The van der Waals surface area contributed by atoms with Crippen molar-refractivity contribution in [2.24, 2.45) is 0 Å². The molecular formula is C21H19F4N3O2. The van der Waals surface area contributed by atoms with Gasteiger partial charge in [-0.1, -0.05) is 36.4 Å². The summed E-state index contributed by atoms with van der Waals surface area (Å²) in [6.45, 7) is 0. The van der Waals surface area contributed by atoms with Gasteiger partial charge in [0, 0.05) is 0 Å². The molecule has 5 nitrogen and oxygen atoms in total. The fraction of sp³-hybridized carbons (Fsp3) is 0.333. The standard InChI is InChI=1S/C21H19F4N3O2/c22-15-10-13(6-7-14(15)21(23,24)25)20(8-9-20)28-19(30)16-11-17(29)27-18(26-16)12-4-2-1-3-5-12/h1-7,10,16,18,26H,8-9,11H2,(H,27,29)(H,28,30). The molecule has 0 aromatic heterocycles. The van der Waals surface area contributed by atoms with Gasteiger partial charge in [-0.25, -0.2) is 4.39 Å². The Kier molecular flexibility index (Phi) is 5.01. The lowest BCUT2D eigenvalue weighted by Crippen LogP contribution is -2.57. The minimum Gasteiger partial charge on any atom is -0.345 e. The molecule has 30 heavy (non-hydrogen) atoms. The number of benzene rings is 2. The van der Waals surface area contributed by atoms with E-state index in [-0.39, 0.29) is 17.9 Å². The van der Waals surface area contributed by atoms with Crippen molar-refractivity contribution in [1.82, 2.24) is 16.0 Å². The third-order valence-corrected chi connectivity index (χ3v) is 5.45. The molecule has 2 atom stereocenters. The summed E-state index contributed by atoms with van der Waals surface area (Å²) in [5, 5.41) is 8.65. The smallest absolute Gasteiger partial charge is 0.345 e. The molecule has 0 radical (unpaired) electrons. The molecule has 0 spiro atoms. The van der Waals surface area contributed by atoms with Gasteiger partial charge in [0.15, 0.2) is 0 Å². The Labute approximate surface area is 169 Å².